The summed E-state index contributed by atoms with van der Waals surface area (Å²) < 4.78 is 11.4. The maximum Gasteiger partial charge on any atom is 0.160 e. The second-order valence-electron chi connectivity index (χ2n) is 7.90. The van der Waals surface area contributed by atoms with Crippen molar-refractivity contribution in [3.8, 4) is 17.2 Å². The van der Waals surface area contributed by atoms with E-state index in [4.69, 9.17) is 9.47 Å². The maximum atomic E-state index is 10.4. The van der Waals surface area contributed by atoms with Gasteiger partial charge in [-0.25, -0.2) is 0 Å². The van der Waals surface area contributed by atoms with Crippen LogP contribution in [0.3, 0.4) is 0 Å². The number of benzene rings is 2. The monoisotopic (exact) mass is 351 g/mol. The Balaban J connectivity index is 1.65. The number of para-hydroxylation sites is 1. The molecule has 1 N–H and O–H groups in total. The molecule has 1 atom stereocenters. The average molecular weight is 351 g/mol. The van der Waals surface area contributed by atoms with Gasteiger partial charge in [-0.2, -0.15) is 0 Å². The minimum Gasteiger partial charge on any atom is -0.504 e. The molecule has 1 fully saturated rings. The molecule has 0 spiro atoms. The van der Waals surface area contributed by atoms with Crippen molar-refractivity contribution in [2.24, 2.45) is 0 Å². The largest absolute Gasteiger partial charge is 0.504 e. The van der Waals surface area contributed by atoms with Crippen molar-refractivity contribution < 1.29 is 14.6 Å². The Hall–Kier alpha value is -2.20. The Morgan fingerprint density at radius 3 is 2.81 bits per heavy atom. The second kappa shape index (κ2) is 5.65. The fourth-order valence-electron chi connectivity index (χ4n) is 5.08. The summed E-state index contributed by atoms with van der Waals surface area (Å²) in [4.78, 5) is 2.45. The average Bonchev–Trinajstić information content (AvgIpc) is 3.28. The van der Waals surface area contributed by atoms with Crippen LogP contribution in [0.25, 0.3) is 0 Å². The number of rotatable bonds is 3. The van der Waals surface area contributed by atoms with Gasteiger partial charge in [-0.15, -0.1) is 0 Å². The fraction of sp³-hybridized carbons (Fsp3) is 0.455. The van der Waals surface area contributed by atoms with E-state index in [-0.39, 0.29) is 17.2 Å². The Morgan fingerprint density at radius 2 is 2.04 bits per heavy atom. The molecule has 2 aliphatic heterocycles. The van der Waals surface area contributed by atoms with Crippen LogP contribution in [0.2, 0.25) is 0 Å². The molecule has 2 heterocycles. The quantitative estimate of drug-likeness (QED) is 0.917. The third-order valence-electron chi connectivity index (χ3n) is 6.47. The van der Waals surface area contributed by atoms with Crippen molar-refractivity contribution in [1.82, 2.24) is 4.90 Å². The van der Waals surface area contributed by atoms with E-state index < -0.39 is 0 Å². The molecule has 2 aromatic rings. The van der Waals surface area contributed by atoms with Crippen LogP contribution in [-0.4, -0.2) is 37.3 Å². The molecule has 1 unspecified atom stereocenters. The molecule has 26 heavy (non-hydrogen) atoms. The van der Waals surface area contributed by atoms with Crippen LogP contribution in [0.1, 0.15) is 41.1 Å². The molecule has 0 radical (unpaired) electrons. The zero-order valence-corrected chi connectivity index (χ0v) is 15.4. The summed E-state index contributed by atoms with van der Waals surface area (Å²) in [5.41, 5.74) is 5.31. The number of likely N-dealkylation sites (N-methyl/N-ethyl adjacent to an activating group) is 1. The van der Waals surface area contributed by atoms with Crippen LogP contribution in [0.15, 0.2) is 30.3 Å². The molecular formula is C22H25NO3. The summed E-state index contributed by atoms with van der Waals surface area (Å²) in [6.45, 7) is 1.81. The molecule has 3 aliphatic rings. The lowest BCUT2D eigenvalue weighted by Gasteiger charge is -2.41. The maximum absolute atomic E-state index is 10.4. The third kappa shape index (κ3) is 2.18. The van der Waals surface area contributed by atoms with Crippen molar-refractivity contribution in [2.45, 2.75) is 37.1 Å². The van der Waals surface area contributed by atoms with Gasteiger partial charge < -0.3 is 14.6 Å². The van der Waals surface area contributed by atoms with Gasteiger partial charge in [0.15, 0.2) is 11.5 Å². The van der Waals surface area contributed by atoms with Crippen molar-refractivity contribution in [3.63, 3.8) is 0 Å². The molecule has 0 aromatic heterocycles. The molecule has 0 amide bonds. The topological polar surface area (TPSA) is 41.9 Å². The Labute approximate surface area is 154 Å². The summed E-state index contributed by atoms with van der Waals surface area (Å²) in [6.07, 6.45) is 4.31. The van der Waals surface area contributed by atoms with E-state index >= 15 is 0 Å². The highest BCUT2D eigenvalue weighted by Gasteiger charge is 2.55. The molecule has 136 valence electrons. The lowest BCUT2D eigenvalue weighted by molar-refractivity contribution is 0.184. The predicted octanol–water partition coefficient (Wildman–Crippen LogP) is 3.60. The van der Waals surface area contributed by atoms with E-state index in [0.717, 1.165) is 44.6 Å². The molecule has 4 heteroatoms. The summed E-state index contributed by atoms with van der Waals surface area (Å²) in [5.74, 6) is 1.92. The van der Waals surface area contributed by atoms with Gasteiger partial charge >= 0.3 is 0 Å². The summed E-state index contributed by atoms with van der Waals surface area (Å²) >= 11 is 0. The number of phenols is 1. The van der Waals surface area contributed by atoms with Gasteiger partial charge in [0.05, 0.1) is 13.7 Å². The minimum atomic E-state index is 0.0840. The van der Waals surface area contributed by atoms with E-state index in [2.05, 4.69) is 30.1 Å². The third-order valence-corrected chi connectivity index (χ3v) is 6.47. The number of hydrogen-bond donors (Lipinski definition) is 1. The number of hydrogen-bond acceptors (Lipinski definition) is 4. The van der Waals surface area contributed by atoms with Crippen LogP contribution in [0.5, 0.6) is 17.2 Å². The minimum absolute atomic E-state index is 0.0840. The summed E-state index contributed by atoms with van der Waals surface area (Å²) in [6, 6.07) is 10.8. The zero-order valence-electron chi connectivity index (χ0n) is 15.4. The molecular weight excluding hydrogens is 326 g/mol. The highest BCUT2D eigenvalue weighted by Crippen LogP contribution is 2.62. The molecule has 1 saturated carbocycles. The molecule has 2 aromatic carbocycles. The van der Waals surface area contributed by atoms with Crippen LogP contribution in [-0.2, 0) is 18.3 Å². The predicted molar refractivity (Wildman–Crippen MR) is 100 cm³/mol. The molecule has 4 nitrogen and oxygen atoms in total. The highest BCUT2D eigenvalue weighted by atomic mass is 16.5. The smallest absolute Gasteiger partial charge is 0.160 e. The van der Waals surface area contributed by atoms with E-state index in [9.17, 15) is 5.11 Å². The zero-order chi connectivity index (χ0) is 17.9. The van der Waals surface area contributed by atoms with Gasteiger partial charge in [0.2, 0.25) is 0 Å². The fourth-order valence-corrected chi connectivity index (χ4v) is 5.08. The normalized spacial score (nSPS) is 23.1. The number of methoxy groups -OCH3 is 1. The Bertz CT molecular complexity index is 872. The number of ether oxygens (including phenoxy) is 2. The van der Waals surface area contributed by atoms with Crippen molar-refractivity contribution in [1.29, 1.82) is 0 Å². The SMILES string of the molecule is COc1cc2c(cc1O)C(C1(c3cccc4c3OCC4)CC1)N(C)CC2. The van der Waals surface area contributed by atoms with Crippen molar-refractivity contribution in [3.05, 3.63) is 52.6 Å². The number of aromatic hydroxyl groups is 1. The van der Waals surface area contributed by atoms with E-state index in [0.29, 0.717) is 5.75 Å². The van der Waals surface area contributed by atoms with E-state index in [1.54, 1.807) is 7.11 Å². The Morgan fingerprint density at radius 1 is 1.19 bits per heavy atom. The molecule has 1 aliphatic carbocycles. The standard InChI is InChI=1S/C22H25NO3/c1-23-10-6-15-12-19(25-2)18(24)13-16(15)21(23)22(8-9-22)17-5-3-4-14-7-11-26-20(14)17/h3-5,12-13,21,24H,6-11H2,1-2H3. The molecule has 5 rings (SSSR count). The van der Waals surface area contributed by atoms with Gasteiger partial charge in [-0.1, -0.05) is 18.2 Å². The lowest BCUT2D eigenvalue weighted by Crippen LogP contribution is -2.39. The van der Waals surface area contributed by atoms with Gasteiger partial charge in [-0.05, 0) is 55.1 Å². The summed E-state index contributed by atoms with van der Waals surface area (Å²) in [5, 5.41) is 10.4. The van der Waals surface area contributed by atoms with Crippen LogP contribution in [0, 0.1) is 0 Å². The first-order chi connectivity index (χ1) is 12.6. The van der Waals surface area contributed by atoms with Crippen molar-refractivity contribution in [2.75, 3.05) is 27.3 Å². The van der Waals surface area contributed by atoms with Crippen molar-refractivity contribution >= 4 is 0 Å². The number of nitrogens with zero attached hydrogens (tertiary/aromatic N) is 1. The lowest BCUT2D eigenvalue weighted by atomic mass is 9.78. The van der Waals surface area contributed by atoms with Crippen LogP contribution in [0.4, 0.5) is 0 Å². The first-order valence-electron chi connectivity index (χ1n) is 9.49. The first-order valence-corrected chi connectivity index (χ1v) is 9.49. The highest BCUT2D eigenvalue weighted by molar-refractivity contribution is 5.55. The molecule has 0 saturated heterocycles. The van der Waals surface area contributed by atoms with E-state index in [1.807, 2.05) is 12.1 Å². The van der Waals surface area contributed by atoms with Gasteiger partial charge in [0, 0.05) is 30.0 Å². The summed E-state index contributed by atoms with van der Waals surface area (Å²) in [7, 11) is 3.82. The first kappa shape index (κ1) is 16.0. The molecule has 0 bridgehead atoms. The Kier molecular flexibility index (Phi) is 3.48. The van der Waals surface area contributed by atoms with E-state index in [1.165, 1.54) is 22.3 Å². The van der Waals surface area contributed by atoms with Gasteiger partial charge in [0.25, 0.3) is 0 Å². The van der Waals surface area contributed by atoms with Crippen LogP contribution >= 0.6 is 0 Å². The van der Waals surface area contributed by atoms with Gasteiger partial charge in [-0.3, -0.25) is 4.90 Å². The van der Waals surface area contributed by atoms with Crippen LogP contribution < -0.4 is 9.47 Å². The van der Waals surface area contributed by atoms with Gasteiger partial charge in [0.1, 0.15) is 5.75 Å². The number of fused-ring (bicyclic) bond motifs is 2. The second-order valence-corrected chi connectivity index (χ2v) is 7.90. The number of phenolic OH excluding ortho intramolecular Hbond substituents is 1.